The quantitative estimate of drug-likeness (QED) is 0.0610. The predicted octanol–water partition coefficient (Wildman–Crippen LogP) is 11.1. The number of thioether (sulfide) groups is 4. The third-order valence-corrected chi connectivity index (χ3v) is 14.4. The number of ether oxygens (including phenoxy) is 2. The number of benzene rings is 3. The Labute approximate surface area is 344 Å². The van der Waals surface area contributed by atoms with Gasteiger partial charge in [0.2, 0.25) is 0 Å². The molecule has 0 radical (unpaired) electrons. The number of hydrogen-bond donors (Lipinski definition) is 2. The summed E-state index contributed by atoms with van der Waals surface area (Å²) in [6.07, 6.45) is 5.68. The van der Waals surface area contributed by atoms with Crippen molar-refractivity contribution >= 4 is 82.2 Å². The molecule has 0 spiro atoms. The van der Waals surface area contributed by atoms with Crippen LogP contribution in [0.15, 0.2) is 99.9 Å². The lowest BCUT2D eigenvalue weighted by molar-refractivity contribution is -0.142. The minimum atomic E-state index is -0.623. The van der Waals surface area contributed by atoms with E-state index in [1.165, 1.54) is 0 Å². The minimum Gasteiger partial charge on any atom is -0.421 e. The molecule has 2 unspecified atom stereocenters. The summed E-state index contributed by atoms with van der Waals surface area (Å²) in [5, 5.41) is 26.2. The third-order valence-electron chi connectivity index (χ3n) is 9.04. The second-order valence-electron chi connectivity index (χ2n) is 12.9. The minimum absolute atomic E-state index is 0.00671. The lowest BCUT2D eigenvalue weighted by Crippen LogP contribution is -2.23. The van der Waals surface area contributed by atoms with E-state index in [0.29, 0.717) is 65.1 Å². The van der Waals surface area contributed by atoms with Crippen molar-refractivity contribution in [2.45, 2.75) is 98.6 Å². The summed E-state index contributed by atoms with van der Waals surface area (Å²) in [4.78, 5) is 56.9. The zero-order valence-corrected chi connectivity index (χ0v) is 34.8. The summed E-state index contributed by atoms with van der Waals surface area (Å²) in [7, 11) is 0. The highest BCUT2D eigenvalue weighted by Gasteiger charge is 2.41. The number of carbonyl (C=O) groups is 4. The lowest BCUT2D eigenvalue weighted by Gasteiger charge is -2.21. The van der Waals surface area contributed by atoms with Crippen LogP contribution >= 0.6 is 47.0 Å². The van der Waals surface area contributed by atoms with Gasteiger partial charge in [-0.1, -0.05) is 137 Å². The summed E-state index contributed by atoms with van der Waals surface area (Å²) >= 11 is 4.46. The molecule has 0 saturated carbocycles. The van der Waals surface area contributed by atoms with Gasteiger partial charge in [0.05, 0.1) is 30.1 Å². The van der Waals surface area contributed by atoms with E-state index < -0.39 is 35.6 Å². The molecule has 0 fully saturated rings. The summed E-state index contributed by atoms with van der Waals surface area (Å²) in [5.41, 5.74) is 0.700. The third kappa shape index (κ3) is 10.0. The molecule has 3 aromatic carbocycles. The van der Waals surface area contributed by atoms with E-state index in [0.717, 1.165) is 72.7 Å². The van der Waals surface area contributed by atoms with Gasteiger partial charge in [0, 0.05) is 21.2 Å². The van der Waals surface area contributed by atoms with Crippen LogP contribution in [0.1, 0.15) is 79.1 Å². The first kappa shape index (κ1) is 42.5. The van der Waals surface area contributed by atoms with Gasteiger partial charge in [0.1, 0.15) is 23.3 Å². The first-order valence-electron chi connectivity index (χ1n) is 18.6. The monoisotopic (exact) mass is 826 g/mol. The summed E-state index contributed by atoms with van der Waals surface area (Å²) in [5.74, 6) is -3.07. The average Bonchev–Trinajstić information content (AvgIpc) is 3.83. The fourth-order valence-electron chi connectivity index (χ4n) is 5.85. The van der Waals surface area contributed by atoms with Crippen molar-refractivity contribution in [1.29, 1.82) is 10.5 Å². The zero-order chi connectivity index (χ0) is 40.2. The van der Waals surface area contributed by atoms with Crippen LogP contribution in [0.5, 0.6) is 11.5 Å². The maximum atomic E-state index is 14.0. The molecular weight excluding hydrogens is 785 g/mol. The number of unbranched alkanes of at least 4 members (excludes halogenated alkanes) is 2. The fourth-order valence-corrected chi connectivity index (χ4v) is 11.4. The number of amides is 2. The molecule has 0 aromatic heterocycles. The highest BCUT2D eigenvalue weighted by Crippen LogP contribution is 2.68. The van der Waals surface area contributed by atoms with E-state index in [1.54, 1.807) is 48.5 Å². The standard InChI is InChI=1S/C42H42N4O6S4/c1-5-9-17-25(7-3)39(49)51-31-32(52-40(50)26(8-4)18-10-6-2)34-36(56-42(54-34)30(24-44)38(48)46-28-21-15-12-16-22-28)35-33(31)53-41(55-35)29(23-43)37(47)45-27-19-13-11-14-20-27/h11-16,19-22,25-26H,5-10,17-18H2,1-4H3,(H,45,47)(H,46,48)/b41-29-,42-30-. The molecule has 2 heterocycles. The van der Waals surface area contributed by atoms with Crippen LogP contribution in [0.4, 0.5) is 11.4 Å². The maximum Gasteiger partial charge on any atom is 0.314 e. The molecule has 290 valence electrons. The van der Waals surface area contributed by atoms with Crippen molar-refractivity contribution in [3.8, 4) is 23.6 Å². The van der Waals surface area contributed by atoms with Crippen LogP contribution in [0.3, 0.4) is 0 Å². The van der Waals surface area contributed by atoms with Crippen molar-refractivity contribution in [3.05, 3.63) is 80.3 Å². The van der Waals surface area contributed by atoms with E-state index >= 15 is 0 Å². The van der Waals surface area contributed by atoms with E-state index in [2.05, 4.69) is 22.8 Å². The van der Waals surface area contributed by atoms with Gasteiger partial charge < -0.3 is 20.1 Å². The fraction of sp³-hybridized carbons (Fsp3) is 0.333. The molecule has 2 aliphatic heterocycles. The number of rotatable bonds is 16. The molecule has 0 aliphatic carbocycles. The normalized spacial score (nSPS) is 15.6. The van der Waals surface area contributed by atoms with Gasteiger partial charge in [-0.05, 0) is 49.9 Å². The van der Waals surface area contributed by atoms with Gasteiger partial charge in [-0.3, -0.25) is 19.2 Å². The van der Waals surface area contributed by atoms with E-state index in [1.807, 2.05) is 39.8 Å². The lowest BCUT2D eigenvalue weighted by atomic mass is 9.99. The summed E-state index contributed by atoms with van der Waals surface area (Å²) in [6.45, 7) is 7.92. The van der Waals surface area contributed by atoms with Gasteiger partial charge in [-0.25, -0.2) is 0 Å². The van der Waals surface area contributed by atoms with E-state index in [4.69, 9.17) is 9.47 Å². The molecule has 2 atom stereocenters. The van der Waals surface area contributed by atoms with Crippen molar-refractivity contribution in [1.82, 2.24) is 0 Å². The van der Waals surface area contributed by atoms with Crippen LogP contribution in [-0.2, 0) is 19.2 Å². The molecule has 3 aromatic rings. The molecule has 0 bridgehead atoms. The van der Waals surface area contributed by atoms with E-state index in [-0.39, 0.29) is 22.6 Å². The largest absolute Gasteiger partial charge is 0.421 e. The van der Waals surface area contributed by atoms with Gasteiger partial charge in [-0.2, -0.15) is 10.5 Å². The highest BCUT2D eigenvalue weighted by atomic mass is 32.2. The number of carbonyl (C=O) groups excluding carboxylic acids is 4. The Hall–Kier alpha value is -4.60. The maximum absolute atomic E-state index is 14.0. The van der Waals surface area contributed by atoms with Crippen LogP contribution in [-0.4, -0.2) is 23.8 Å². The molecule has 5 rings (SSSR count). The predicted molar refractivity (Wildman–Crippen MR) is 223 cm³/mol. The van der Waals surface area contributed by atoms with Gasteiger partial charge >= 0.3 is 11.9 Å². The number of nitrogens with zero attached hydrogens (tertiary/aromatic N) is 2. The second kappa shape index (κ2) is 20.5. The SMILES string of the molecule is CCCCC(CC)C(=O)Oc1c(OC(=O)C(CC)CCCC)c2c(c3c1S/C(=C(\C#N)C(=O)Nc1ccccc1)S3)S/C(=C(/C#N)C(=O)Nc1ccccc1)S2. The van der Waals surface area contributed by atoms with Gasteiger partial charge in [0.25, 0.3) is 11.8 Å². The Morgan fingerprint density at radius 2 is 0.946 bits per heavy atom. The molecule has 2 aliphatic rings. The molecular formula is C42H42N4O6S4. The number of nitriles is 2. The van der Waals surface area contributed by atoms with Crippen LogP contribution in [0.25, 0.3) is 0 Å². The van der Waals surface area contributed by atoms with Crippen molar-refractivity contribution in [3.63, 3.8) is 0 Å². The average molecular weight is 827 g/mol. The Morgan fingerprint density at radius 3 is 1.27 bits per heavy atom. The number of nitrogens with one attached hydrogen (secondary N) is 2. The molecule has 0 saturated heterocycles. The van der Waals surface area contributed by atoms with Gasteiger partial charge in [0.15, 0.2) is 11.5 Å². The molecule has 10 nitrogen and oxygen atoms in total. The molecule has 2 N–H and O–H groups in total. The topological polar surface area (TPSA) is 158 Å². The van der Waals surface area contributed by atoms with E-state index in [9.17, 15) is 29.7 Å². The molecule has 2 amide bonds. The molecule has 14 heteroatoms. The summed E-state index contributed by atoms with van der Waals surface area (Å²) < 4.78 is 13.2. The Bertz CT molecular complexity index is 1980. The Balaban J connectivity index is 1.68. The number of esters is 2. The van der Waals surface area contributed by atoms with Crippen LogP contribution < -0.4 is 20.1 Å². The first-order chi connectivity index (χ1) is 27.2. The van der Waals surface area contributed by atoms with Crippen LogP contribution in [0, 0.1) is 34.5 Å². The molecule has 56 heavy (non-hydrogen) atoms. The Kier molecular flexibility index (Phi) is 15.6. The number of para-hydroxylation sites is 2. The van der Waals surface area contributed by atoms with Crippen molar-refractivity contribution < 1.29 is 28.7 Å². The van der Waals surface area contributed by atoms with Crippen molar-refractivity contribution in [2.75, 3.05) is 10.6 Å². The highest BCUT2D eigenvalue weighted by molar-refractivity contribution is 8.27. The van der Waals surface area contributed by atoms with Gasteiger partial charge in [-0.15, -0.1) is 0 Å². The number of anilines is 2. The second-order valence-corrected chi connectivity index (χ2v) is 17.5. The zero-order valence-electron chi connectivity index (χ0n) is 31.6. The number of hydrogen-bond acceptors (Lipinski definition) is 12. The van der Waals surface area contributed by atoms with Crippen LogP contribution in [0.2, 0.25) is 0 Å². The van der Waals surface area contributed by atoms with Crippen molar-refractivity contribution in [2.24, 2.45) is 11.8 Å². The smallest absolute Gasteiger partial charge is 0.314 e. The number of fused-ring (bicyclic) bond motifs is 3. The first-order valence-corrected chi connectivity index (χ1v) is 21.8. The summed E-state index contributed by atoms with van der Waals surface area (Å²) in [6, 6.07) is 21.6. The Morgan fingerprint density at radius 1 is 0.589 bits per heavy atom.